The Morgan fingerprint density at radius 2 is 0.698 bits per heavy atom. The number of aliphatic hydroxyl groups is 2. The van der Waals surface area contributed by atoms with Gasteiger partial charge >= 0.3 is 0 Å². The first-order valence-electron chi connectivity index (χ1n) is 20.3. The van der Waals surface area contributed by atoms with E-state index in [-0.39, 0.29) is 11.5 Å². The van der Waals surface area contributed by atoms with Gasteiger partial charge in [-0.15, -0.1) is 0 Å². The third-order valence-corrected chi connectivity index (χ3v) is 10.4. The molecule has 0 saturated carbocycles. The summed E-state index contributed by atoms with van der Waals surface area (Å²) in [6.45, 7) is 22.0. The second-order valence-electron chi connectivity index (χ2n) is 15.8. The molecule has 0 radical (unpaired) electrons. The Hall–Kier alpha value is -3.08. The molecular weight excluding hydrogens is 653 g/mol. The first-order valence-corrected chi connectivity index (χ1v) is 20.3. The molecule has 2 atom stereocenters. The van der Waals surface area contributed by atoms with Crippen molar-refractivity contribution in [1.29, 1.82) is 0 Å². The first-order chi connectivity index (χ1) is 25.2. The molecule has 0 unspecified atom stereocenters. The summed E-state index contributed by atoms with van der Waals surface area (Å²) in [5.74, 6) is 0.570. The first kappa shape index (κ1) is 47.9. The Morgan fingerprint density at radius 3 is 0.981 bits per heavy atom. The van der Waals surface area contributed by atoms with Crippen molar-refractivity contribution in [2.75, 3.05) is 14.2 Å². The summed E-state index contributed by atoms with van der Waals surface area (Å²) in [6, 6.07) is 0. The minimum Gasteiger partial charge on any atom is -0.494 e. The van der Waals surface area contributed by atoms with Crippen molar-refractivity contribution in [3.63, 3.8) is 0 Å². The van der Waals surface area contributed by atoms with Crippen molar-refractivity contribution < 1.29 is 19.7 Å². The summed E-state index contributed by atoms with van der Waals surface area (Å²) >= 11 is 0. The Labute approximate surface area is 326 Å². The van der Waals surface area contributed by atoms with E-state index in [0.717, 1.165) is 88.2 Å². The number of hydrogen-bond acceptors (Lipinski definition) is 4. The fourth-order valence-corrected chi connectivity index (χ4v) is 6.58. The van der Waals surface area contributed by atoms with Gasteiger partial charge < -0.3 is 19.7 Å². The van der Waals surface area contributed by atoms with Crippen molar-refractivity contribution >= 4 is 0 Å². The fourth-order valence-electron chi connectivity index (χ4n) is 6.58. The summed E-state index contributed by atoms with van der Waals surface area (Å²) in [5.41, 5.74) is 13.1. The Kier molecular flexibility index (Phi) is 24.9. The normalized spacial score (nSPS) is 18.6. The highest BCUT2D eigenvalue weighted by Gasteiger charge is 2.34. The van der Waals surface area contributed by atoms with E-state index in [4.69, 9.17) is 9.47 Å². The maximum Gasteiger partial charge on any atom is 0.169 e. The Bertz CT molecular complexity index is 1430. The van der Waals surface area contributed by atoms with Crippen LogP contribution < -0.4 is 0 Å². The zero-order valence-corrected chi connectivity index (χ0v) is 36.1. The number of allylic oxidation sites excluding steroid dienone is 16. The van der Waals surface area contributed by atoms with Gasteiger partial charge in [-0.25, -0.2) is 0 Å². The van der Waals surface area contributed by atoms with Crippen LogP contribution in [0.4, 0.5) is 0 Å². The molecule has 53 heavy (non-hydrogen) atoms. The molecule has 0 aromatic carbocycles. The minimum atomic E-state index is -0.902. The van der Waals surface area contributed by atoms with Gasteiger partial charge in [-0.1, -0.05) is 93.2 Å². The highest BCUT2D eigenvalue weighted by Crippen LogP contribution is 2.33. The summed E-state index contributed by atoms with van der Waals surface area (Å²) in [4.78, 5) is 0. The molecule has 0 aromatic rings. The number of methoxy groups -OCH3 is 2. The molecule has 0 bridgehead atoms. The van der Waals surface area contributed by atoms with Crippen molar-refractivity contribution in [2.24, 2.45) is 0 Å². The number of ether oxygens (including phenoxy) is 2. The molecule has 0 spiro atoms. The van der Waals surface area contributed by atoms with Gasteiger partial charge in [0.1, 0.15) is 12.2 Å². The largest absolute Gasteiger partial charge is 0.494 e. The summed E-state index contributed by atoms with van der Waals surface area (Å²) in [5, 5.41) is 21.4. The van der Waals surface area contributed by atoms with Crippen LogP contribution in [0.1, 0.15) is 166 Å². The Balaban J connectivity index is 2.34. The average molecular weight is 731 g/mol. The predicted molar refractivity (Wildman–Crippen MR) is 231 cm³/mol. The van der Waals surface area contributed by atoms with Crippen LogP contribution in [0.15, 0.2) is 116 Å². The standard InChI is InChI=1S/C49H78O4/c1-36(2)20-13-21-37(3)22-14-23-38(4)24-15-25-39(5)26-16-27-40(6)28-17-29-41(7)30-18-31-42(8)32-19-33-43(9)34-35-45-44(10)46(50)48(52-11)49(53-12)47(45)51/h20,22,24,26,28,30,32,34,46-47,50-51H,13-19,21,23,25,27,29,31,33,35H2,1-12H3/b37-22+,38-24+,39-26+,40-28+,41-30-,42-32+,43-34+/t46-,47+/m0/s1. The lowest BCUT2D eigenvalue weighted by Gasteiger charge is -2.30. The van der Waals surface area contributed by atoms with Crippen LogP contribution in [0.5, 0.6) is 0 Å². The van der Waals surface area contributed by atoms with Crippen LogP contribution in [0, 0.1) is 0 Å². The topological polar surface area (TPSA) is 58.9 Å². The van der Waals surface area contributed by atoms with Gasteiger partial charge in [0.25, 0.3) is 0 Å². The van der Waals surface area contributed by atoms with Crippen LogP contribution in [-0.4, -0.2) is 36.6 Å². The molecule has 298 valence electrons. The van der Waals surface area contributed by atoms with Gasteiger partial charge in [-0.05, 0) is 177 Å². The number of hydrogen-bond donors (Lipinski definition) is 2. The van der Waals surface area contributed by atoms with E-state index >= 15 is 0 Å². The highest BCUT2D eigenvalue weighted by molar-refractivity contribution is 5.39. The van der Waals surface area contributed by atoms with Crippen LogP contribution in [0.3, 0.4) is 0 Å². The SMILES string of the molecule is COC1=C(OC)[C@@H](O)C(C)=C(C/C=C(\C)CC/C=C(\C)CC/C=C(/C)CC/C=C(\C)CC/C=C(\C)CC/C=C(\C)CC/C=C(\C)CCC=C(C)C)[C@H]1O. The lowest BCUT2D eigenvalue weighted by molar-refractivity contribution is 0.0794. The lowest BCUT2D eigenvalue weighted by atomic mass is 9.88. The second kappa shape index (κ2) is 27.5. The van der Waals surface area contributed by atoms with Crippen LogP contribution in [0.25, 0.3) is 0 Å². The fraction of sp³-hybridized carbons (Fsp3) is 0.592. The van der Waals surface area contributed by atoms with Crippen molar-refractivity contribution in [3.05, 3.63) is 116 Å². The molecule has 1 aliphatic rings. The highest BCUT2D eigenvalue weighted by atomic mass is 16.5. The van der Waals surface area contributed by atoms with Crippen molar-refractivity contribution in [2.45, 2.75) is 178 Å². The molecule has 1 aliphatic carbocycles. The third kappa shape index (κ3) is 20.8. The number of aliphatic hydroxyl groups excluding tert-OH is 2. The zero-order valence-electron chi connectivity index (χ0n) is 36.1. The number of rotatable bonds is 25. The molecule has 2 N–H and O–H groups in total. The molecule has 0 saturated heterocycles. The molecule has 0 heterocycles. The van der Waals surface area contributed by atoms with Crippen molar-refractivity contribution in [3.8, 4) is 0 Å². The van der Waals surface area contributed by atoms with Crippen molar-refractivity contribution in [1.82, 2.24) is 0 Å². The van der Waals surface area contributed by atoms with Gasteiger partial charge in [0.2, 0.25) is 0 Å². The lowest BCUT2D eigenvalue weighted by Crippen LogP contribution is -2.31. The van der Waals surface area contributed by atoms with Crippen LogP contribution >= 0.6 is 0 Å². The molecule has 0 fully saturated rings. The smallest absolute Gasteiger partial charge is 0.169 e. The minimum absolute atomic E-state index is 0.282. The van der Waals surface area contributed by atoms with Gasteiger partial charge in [0, 0.05) is 0 Å². The second-order valence-corrected chi connectivity index (χ2v) is 15.8. The molecule has 4 nitrogen and oxygen atoms in total. The van der Waals surface area contributed by atoms with E-state index in [0.29, 0.717) is 6.42 Å². The van der Waals surface area contributed by atoms with E-state index in [1.54, 1.807) is 0 Å². The van der Waals surface area contributed by atoms with Gasteiger partial charge in [-0.3, -0.25) is 0 Å². The average Bonchev–Trinajstić information content (AvgIpc) is 3.09. The molecule has 0 amide bonds. The summed E-state index contributed by atoms with van der Waals surface area (Å²) in [6.07, 6.45) is 33.5. The molecule has 4 heteroatoms. The predicted octanol–water partition coefficient (Wildman–Crippen LogP) is 14.0. The monoisotopic (exact) mass is 731 g/mol. The summed E-state index contributed by atoms with van der Waals surface area (Å²) in [7, 11) is 2.98. The quantitative estimate of drug-likeness (QED) is 0.0918. The maximum atomic E-state index is 10.8. The van der Waals surface area contributed by atoms with E-state index < -0.39 is 12.2 Å². The van der Waals surface area contributed by atoms with E-state index in [1.165, 1.54) is 71.6 Å². The zero-order chi connectivity index (χ0) is 39.8. The third-order valence-electron chi connectivity index (χ3n) is 10.4. The Morgan fingerprint density at radius 1 is 0.434 bits per heavy atom. The maximum absolute atomic E-state index is 10.8. The van der Waals surface area contributed by atoms with E-state index in [2.05, 4.69) is 111 Å². The molecule has 0 aliphatic heterocycles. The summed E-state index contributed by atoms with van der Waals surface area (Å²) < 4.78 is 10.6. The van der Waals surface area contributed by atoms with E-state index in [1.807, 2.05) is 6.92 Å². The molecular formula is C49H78O4. The molecule has 1 rings (SSSR count). The van der Waals surface area contributed by atoms with Gasteiger partial charge in [0.05, 0.1) is 14.2 Å². The van der Waals surface area contributed by atoms with Gasteiger partial charge in [0.15, 0.2) is 11.5 Å². The van der Waals surface area contributed by atoms with Crippen LogP contribution in [-0.2, 0) is 9.47 Å². The molecule has 0 aromatic heterocycles. The van der Waals surface area contributed by atoms with Crippen LogP contribution in [0.2, 0.25) is 0 Å². The van der Waals surface area contributed by atoms with E-state index in [9.17, 15) is 10.2 Å². The van der Waals surface area contributed by atoms with Gasteiger partial charge in [-0.2, -0.15) is 0 Å².